The Balaban J connectivity index is 4.04. The SMILES string of the molecule is COC(=O)OC(=O)C(=O)CC(C)=O. The number of carbonyl (C=O) groups is 4. The summed E-state index contributed by atoms with van der Waals surface area (Å²) in [5.74, 6) is -2.94. The third kappa shape index (κ3) is 4.67. The largest absolute Gasteiger partial charge is 0.516 e. The minimum absolute atomic E-state index is 0.480. The van der Waals surface area contributed by atoms with Crippen LogP contribution < -0.4 is 0 Å². The Labute approximate surface area is 73.8 Å². The normalized spacial score (nSPS) is 8.77. The molecule has 0 saturated heterocycles. The summed E-state index contributed by atoms with van der Waals surface area (Å²) in [6.45, 7) is 1.14. The summed E-state index contributed by atoms with van der Waals surface area (Å²) < 4.78 is 7.82. The van der Waals surface area contributed by atoms with Gasteiger partial charge in [-0.3, -0.25) is 9.59 Å². The first-order chi connectivity index (χ1) is 5.97. The fourth-order valence-electron chi connectivity index (χ4n) is 0.473. The Morgan fingerprint density at radius 2 is 1.69 bits per heavy atom. The number of Topliss-reactive ketones (excluding diaryl/α,β-unsaturated/α-hetero) is 2. The summed E-state index contributed by atoms with van der Waals surface area (Å²) in [4.78, 5) is 42.0. The Morgan fingerprint density at radius 1 is 1.15 bits per heavy atom. The highest BCUT2D eigenvalue weighted by molar-refractivity contribution is 6.38. The lowest BCUT2D eigenvalue weighted by atomic mass is 10.2. The van der Waals surface area contributed by atoms with Gasteiger partial charge in [0.05, 0.1) is 13.5 Å². The molecule has 0 atom stereocenters. The third-order valence-corrected chi connectivity index (χ3v) is 0.980. The van der Waals surface area contributed by atoms with E-state index in [2.05, 4.69) is 9.47 Å². The van der Waals surface area contributed by atoms with Crippen molar-refractivity contribution in [2.24, 2.45) is 0 Å². The van der Waals surface area contributed by atoms with E-state index in [1.807, 2.05) is 0 Å². The Hall–Kier alpha value is -1.72. The predicted molar refractivity (Wildman–Crippen MR) is 38.8 cm³/mol. The number of ketones is 2. The summed E-state index contributed by atoms with van der Waals surface area (Å²) >= 11 is 0. The van der Waals surface area contributed by atoms with Crippen molar-refractivity contribution in [3.05, 3.63) is 0 Å². The second kappa shape index (κ2) is 5.02. The van der Waals surface area contributed by atoms with Crippen molar-refractivity contribution in [2.45, 2.75) is 13.3 Å². The van der Waals surface area contributed by atoms with Gasteiger partial charge in [0.15, 0.2) is 0 Å². The van der Waals surface area contributed by atoms with Gasteiger partial charge in [-0.2, -0.15) is 0 Å². The van der Waals surface area contributed by atoms with Crippen LogP contribution in [0.3, 0.4) is 0 Å². The monoisotopic (exact) mass is 188 g/mol. The zero-order valence-corrected chi connectivity index (χ0v) is 7.16. The van der Waals surface area contributed by atoms with Crippen LogP contribution in [0.5, 0.6) is 0 Å². The van der Waals surface area contributed by atoms with Crippen LogP contribution in [0.1, 0.15) is 13.3 Å². The number of carbonyl (C=O) groups excluding carboxylic acids is 4. The molecule has 0 heterocycles. The minimum atomic E-state index is -1.39. The number of rotatable bonds is 3. The van der Waals surface area contributed by atoms with E-state index in [-0.39, 0.29) is 0 Å². The van der Waals surface area contributed by atoms with E-state index in [4.69, 9.17) is 0 Å². The van der Waals surface area contributed by atoms with E-state index >= 15 is 0 Å². The molecule has 0 aliphatic carbocycles. The van der Waals surface area contributed by atoms with Crippen molar-refractivity contribution in [3.63, 3.8) is 0 Å². The molecule has 0 unspecified atom stereocenters. The average Bonchev–Trinajstić information content (AvgIpc) is 2.02. The number of hydrogen-bond donors (Lipinski definition) is 0. The second-order valence-electron chi connectivity index (χ2n) is 2.15. The molecule has 0 N–H and O–H groups in total. The molecular formula is C7H8O6. The van der Waals surface area contributed by atoms with E-state index < -0.39 is 30.1 Å². The van der Waals surface area contributed by atoms with Crippen LogP contribution in [-0.2, 0) is 23.9 Å². The first kappa shape index (κ1) is 11.3. The molecular weight excluding hydrogens is 180 g/mol. The van der Waals surface area contributed by atoms with Crippen molar-refractivity contribution >= 4 is 23.7 Å². The van der Waals surface area contributed by atoms with Gasteiger partial charge in [0, 0.05) is 0 Å². The molecule has 0 aromatic carbocycles. The van der Waals surface area contributed by atoms with Gasteiger partial charge in [-0.25, -0.2) is 9.59 Å². The van der Waals surface area contributed by atoms with Crippen LogP contribution in [0.2, 0.25) is 0 Å². The maximum Gasteiger partial charge on any atom is 0.516 e. The summed E-state index contributed by atoms with van der Waals surface area (Å²) in [5.41, 5.74) is 0. The summed E-state index contributed by atoms with van der Waals surface area (Å²) in [5, 5.41) is 0. The minimum Gasteiger partial charge on any atom is -0.437 e. The van der Waals surface area contributed by atoms with Gasteiger partial charge < -0.3 is 9.47 Å². The molecule has 0 saturated carbocycles. The lowest BCUT2D eigenvalue weighted by molar-refractivity contribution is -0.151. The lowest BCUT2D eigenvalue weighted by Crippen LogP contribution is -2.22. The van der Waals surface area contributed by atoms with Crippen LogP contribution in [0.15, 0.2) is 0 Å². The van der Waals surface area contributed by atoms with Gasteiger partial charge in [-0.05, 0) is 6.92 Å². The topological polar surface area (TPSA) is 86.7 Å². The molecule has 0 radical (unpaired) electrons. The molecule has 0 spiro atoms. The lowest BCUT2D eigenvalue weighted by Gasteiger charge is -1.98. The van der Waals surface area contributed by atoms with Crippen molar-refractivity contribution < 1.29 is 28.7 Å². The first-order valence-electron chi connectivity index (χ1n) is 3.29. The molecule has 13 heavy (non-hydrogen) atoms. The van der Waals surface area contributed by atoms with Gasteiger partial charge in [0.1, 0.15) is 5.78 Å². The van der Waals surface area contributed by atoms with Crippen molar-refractivity contribution in [3.8, 4) is 0 Å². The molecule has 0 fully saturated rings. The van der Waals surface area contributed by atoms with E-state index in [0.29, 0.717) is 0 Å². The van der Waals surface area contributed by atoms with Gasteiger partial charge in [-0.1, -0.05) is 0 Å². The van der Waals surface area contributed by atoms with Crippen molar-refractivity contribution in [1.29, 1.82) is 0 Å². The summed E-state index contributed by atoms with van der Waals surface area (Å²) in [7, 11) is 0.991. The molecule has 0 bridgehead atoms. The molecule has 0 aliphatic rings. The van der Waals surface area contributed by atoms with Crippen molar-refractivity contribution in [2.75, 3.05) is 7.11 Å². The molecule has 72 valence electrons. The van der Waals surface area contributed by atoms with E-state index in [0.717, 1.165) is 14.0 Å². The quantitative estimate of drug-likeness (QED) is 0.347. The molecule has 0 rings (SSSR count). The number of hydrogen-bond acceptors (Lipinski definition) is 6. The van der Waals surface area contributed by atoms with Gasteiger partial charge in [0.2, 0.25) is 5.78 Å². The predicted octanol–water partition coefficient (Wildman–Crippen LogP) is -0.156. The fourth-order valence-corrected chi connectivity index (χ4v) is 0.473. The number of methoxy groups -OCH3 is 1. The van der Waals surface area contributed by atoms with Gasteiger partial charge in [0.25, 0.3) is 0 Å². The maximum absolute atomic E-state index is 10.7. The van der Waals surface area contributed by atoms with E-state index in [1.165, 1.54) is 0 Å². The third-order valence-electron chi connectivity index (χ3n) is 0.980. The van der Waals surface area contributed by atoms with Crippen LogP contribution in [-0.4, -0.2) is 30.8 Å². The van der Waals surface area contributed by atoms with Crippen LogP contribution >= 0.6 is 0 Å². The summed E-state index contributed by atoms with van der Waals surface area (Å²) in [6, 6.07) is 0. The van der Waals surface area contributed by atoms with E-state index in [1.54, 1.807) is 0 Å². The Morgan fingerprint density at radius 3 is 2.08 bits per heavy atom. The highest BCUT2D eigenvalue weighted by Gasteiger charge is 2.20. The first-order valence-corrected chi connectivity index (χ1v) is 3.29. The van der Waals surface area contributed by atoms with Crippen molar-refractivity contribution in [1.82, 2.24) is 0 Å². The molecule has 0 aliphatic heterocycles. The van der Waals surface area contributed by atoms with Crippen LogP contribution in [0.25, 0.3) is 0 Å². The molecule has 0 amide bonds. The summed E-state index contributed by atoms with van der Waals surface area (Å²) in [6.07, 6.45) is -1.85. The van der Waals surface area contributed by atoms with Gasteiger partial charge in [-0.15, -0.1) is 0 Å². The second-order valence-corrected chi connectivity index (χ2v) is 2.15. The zero-order valence-electron chi connectivity index (χ0n) is 7.16. The molecule has 0 aromatic rings. The van der Waals surface area contributed by atoms with Gasteiger partial charge >= 0.3 is 12.1 Å². The molecule has 6 heteroatoms. The molecule has 0 aromatic heterocycles. The van der Waals surface area contributed by atoms with E-state index in [9.17, 15) is 19.2 Å². The Bertz CT molecular complexity index is 254. The average molecular weight is 188 g/mol. The number of esters is 1. The Kier molecular flexibility index (Phi) is 4.36. The fraction of sp³-hybridized carbons (Fsp3) is 0.429. The van der Waals surface area contributed by atoms with Crippen LogP contribution in [0, 0.1) is 0 Å². The number of ether oxygens (including phenoxy) is 2. The maximum atomic E-state index is 10.7. The highest BCUT2D eigenvalue weighted by atomic mass is 16.7. The molecule has 6 nitrogen and oxygen atoms in total. The standard InChI is InChI=1S/C7H8O6/c1-4(8)3-5(9)6(10)13-7(11)12-2/h3H2,1-2H3. The van der Waals surface area contributed by atoms with Crippen LogP contribution in [0.4, 0.5) is 4.79 Å². The highest BCUT2D eigenvalue weighted by Crippen LogP contribution is 1.91. The smallest absolute Gasteiger partial charge is 0.437 e. The zero-order chi connectivity index (χ0) is 10.4.